The van der Waals surface area contributed by atoms with Gasteiger partial charge in [0.25, 0.3) is 5.91 Å². The maximum atomic E-state index is 12.7. The molecular weight excluding hydrogens is 464 g/mol. The maximum Gasteiger partial charge on any atom is 0.338 e. The number of aliphatic hydroxyl groups excluding tert-OH is 1. The van der Waals surface area contributed by atoms with Gasteiger partial charge in [-0.15, -0.1) is 0 Å². The Kier molecular flexibility index (Phi) is 6.38. The van der Waals surface area contributed by atoms with E-state index in [0.29, 0.717) is 61.7 Å². The van der Waals surface area contributed by atoms with Crippen molar-refractivity contribution in [3.63, 3.8) is 0 Å². The number of nitrogens with zero attached hydrogens (tertiary/aromatic N) is 4. The molecule has 4 heterocycles. The predicted molar refractivity (Wildman–Crippen MR) is 127 cm³/mol. The number of carbonyl (C=O) groups is 2. The number of aromatic nitrogens is 1. The van der Waals surface area contributed by atoms with Gasteiger partial charge in [-0.2, -0.15) is 5.26 Å². The van der Waals surface area contributed by atoms with Crippen LogP contribution in [0.5, 0.6) is 5.75 Å². The molecular formula is C26H28N4O6. The van der Waals surface area contributed by atoms with Gasteiger partial charge in [0.15, 0.2) is 0 Å². The Bertz CT molecular complexity index is 1250. The molecule has 3 aliphatic heterocycles. The number of benzene rings is 1. The van der Waals surface area contributed by atoms with Gasteiger partial charge in [0, 0.05) is 31.3 Å². The van der Waals surface area contributed by atoms with Crippen LogP contribution in [0.3, 0.4) is 0 Å². The van der Waals surface area contributed by atoms with Crippen molar-refractivity contribution in [1.29, 1.82) is 5.26 Å². The minimum atomic E-state index is -0.694. The number of fused-ring (bicyclic) bond motifs is 1. The molecule has 0 radical (unpaired) electrons. The summed E-state index contributed by atoms with van der Waals surface area (Å²) in [4.78, 5) is 32.6. The number of anilines is 1. The van der Waals surface area contributed by atoms with Crippen molar-refractivity contribution in [1.82, 2.24) is 9.88 Å². The molecule has 1 spiro atoms. The molecule has 0 saturated carbocycles. The van der Waals surface area contributed by atoms with Crippen LogP contribution in [0.4, 0.5) is 5.82 Å². The molecule has 10 nitrogen and oxygen atoms in total. The molecule has 3 aliphatic rings. The van der Waals surface area contributed by atoms with Crippen molar-refractivity contribution < 1.29 is 28.9 Å². The second-order valence-electron chi connectivity index (χ2n) is 9.50. The highest BCUT2D eigenvalue weighted by Gasteiger charge is 2.43. The smallest absolute Gasteiger partial charge is 0.338 e. The summed E-state index contributed by atoms with van der Waals surface area (Å²) in [7, 11) is 1.48. The number of morpholine rings is 1. The second kappa shape index (κ2) is 9.50. The van der Waals surface area contributed by atoms with Gasteiger partial charge in [-0.1, -0.05) is 6.07 Å². The van der Waals surface area contributed by atoms with Crippen LogP contribution in [0, 0.1) is 18.3 Å². The Morgan fingerprint density at radius 2 is 2.06 bits per heavy atom. The topological polar surface area (TPSA) is 125 Å². The van der Waals surface area contributed by atoms with E-state index in [2.05, 4.69) is 9.88 Å². The van der Waals surface area contributed by atoms with Gasteiger partial charge in [0.1, 0.15) is 36.4 Å². The first-order valence-electron chi connectivity index (χ1n) is 11.9. The van der Waals surface area contributed by atoms with Crippen molar-refractivity contribution in [2.24, 2.45) is 0 Å². The standard InChI is InChI=1S/C26H28N4O6/c1-16-18(3-4-19-20(16)13-35-25(19)33)21(31)12-29-7-5-26(6-8-29)15-30(24(32)14-36-26)23-9-22(34-2)17(10-27)11-28-23/h3-4,9,11,21,31H,5-8,12-15H2,1-2H3. The predicted octanol–water partition coefficient (Wildman–Crippen LogP) is 1.87. The first kappa shape index (κ1) is 24.2. The van der Waals surface area contributed by atoms with E-state index in [9.17, 15) is 20.0 Å². The number of esters is 1. The zero-order valence-electron chi connectivity index (χ0n) is 20.3. The summed E-state index contributed by atoms with van der Waals surface area (Å²) in [5.41, 5.74) is 2.93. The molecule has 1 aromatic heterocycles. The number of pyridine rings is 1. The van der Waals surface area contributed by atoms with Gasteiger partial charge in [-0.3, -0.25) is 9.69 Å². The van der Waals surface area contributed by atoms with E-state index in [1.807, 2.05) is 19.1 Å². The summed E-state index contributed by atoms with van der Waals surface area (Å²) < 4.78 is 16.5. The molecule has 2 saturated heterocycles. The maximum absolute atomic E-state index is 12.7. The van der Waals surface area contributed by atoms with E-state index in [0.717, 1.165) is 16.7 Å². The zero-order valence-corrected chi connectivity index (χ0v) is 20.3. The van der Waals surface area contributed by atoms with E-state index in [4.69, 9.17) is 14.2 Å². The molecule has 1 aromatic carbocycles. The van der Waals surface area contributed by atoms with Crippen LogP contribution in [-0.4, -0.2) is 72.4 Å². The second-order valence-corrected chi connectivity index (χ2v) is 9.50. The first-order valence-corrected chi connectivity index (χ1v) is 11.9. The Balaban J connectivity index is 1.24. The van der Waals surface area contributed by atoms with Crippen LogP contribution in [0.25, 0.3) is 0 Å². The zero-order chi connectivity index (χ0) is 25.4. The normalized spacial score (nSPS) is 20.1. The lowest BCUT2D eigenvalue weighted by atomic mass is 9.88. The third-order valence-corrected chi connectivity index (χ3v) is 7.48. The third-order valence-electron chi connectivity index (χ3n) is 7.48. The number of hydrogen-bond donors (Lipinski definition) is 1. The van der Waals surface area contributed by atoms with E-state index in [-0.39, 0.29) is 25.1 Å². The number of β-amino-alcohol motifs (C(OH)–C–C–N with tert-alkyl or cyclic N) is 1. The summed E-state index contributed by atoms with van der Waals surface area (Å²) in [6.45, 7) is 4.35. The van der Waals surface area contributed by atoms with Gasteiger partial charge < -0.3 is 24.2 Å². The monoisotopic (exact) mass is 492 g/mol. The van der Waals surface area contributed by atoms with Crippen LogP contribution < -0.4 is 9.64 Å². The number of rotatable bonds is 5. The molecule has 0 bridgehead atoms. The number of nitriles is 1. The number of likely N-dealkylation sites (tertiary alicyclic amines) is 1. The largest absolute Gasteiger partial charge is 0.495 e. The fourth-order valence-electron chi connectivity index (χ4n) is 5.27. The van der Waals surface area contributed by atoms with Crippen LogP contribution in [0.2, 0.25) is 0 Å². The number of aliphatic hydroxyl groups is 1. The van der Waals surface area contributed by atoms with Crippen LogP contribution >= 0.6 is 0 Å². The Morgan fingerprint density at radius 3 is 2.78 bits per heavy atom. The van der Waals surface area contributed by atoms with E-state index < -0.39 is 11.7 Å². The summed E-state index contributed by atoms with van der Waals surface area (Å²) >= 11 is 0. The van der Waals surface area contributed by atoms with Crippen molar-refractivity contribution in [2.75, 3.05) is 44.8 Å². The first-order chi connectivity index (χ1) is 17.3. The number of ether oxygens (including phenoxy) is 3. The van der Waals surface area contributed by atoms with Crippen molar-refractivity contribution in [3.8, 4) is 11.8 Å². The number of carbonyl (C=O) groups excluding carboxylic acids is 2. The lowest BCUT2D eigenvalue weighted by Crippen LogP contribution is -2.59. The number of piperidine rings is 1. The third kappa shape index (κ3) is 4.30. The SMILES string of the molecule is COc1cc(N2CC3(CCN(CC(O)c4ccc5c(c4C)COC5=O)CC3)OCC2=O)ncc1C#N. The number of amides is 1. The number of methoxy groups -OCH3 is 1. The lowest BCUT2D eigenvalue weighted by Gasteiger charge is -2.47. The van der Waals surface area contributed by atoms with E-state index in [1.165, 1.54) is 13.3 Å². The van der Waals surface area contributed by atoms with Gasteiger partial charge in [-0.05, 0) is 37.0 Å². The summed E-state index contributed by atoms with van der Waals surface area (Å²) in [6, 6.07) is 7.18. The van der Waals surface area contributed by atoms with Gasteiger partial charge >= 0.3 is 5.97 Å². The van der Waals surface area contributed by atoms with E-state index in [1.54, 1.807) is 17.0 Å². The molecule has 36 heavy (non-hydrogen) atoms. The van der Waals surface area contributed by atoms with Gasteiger partial charge in [0.05, 0.1) is 37.1 Å². The highest BCUT2D eigenvalue weighted by atomic mass is 16.5. The van der Waals surface area contributed by atoms with Gasteiger partial charge in [-0.25, -0.2) is 9.78 Å². The lowest BCUT2D eigenvalue weighted by molar-refractivity contribution is -0.145. The fourth-order valence-corrected chi connectivity index (χ4v) is 5.27. The minimum absolute atomic E-state index is 0.0399. The van der Waals surface area contributed by atoms with Crippen LogP contribution in [0.15, 0.2) is 24.4 Å². The van der Waals surface area contributed by atoms with Crippen molar-refractivity contribution >= 4 is 17.7 Å². The molecule has 1 amide bonds. The summed E-state index contributed by atoms with van der Waals surface area (Å²) in [6.07, 6.45) is 2.11. The Labute approximate surface area is 209 Å². The van der Waals surface area contributed by atoms with Crippen molar-refractivity contribution in [2.45, 2.75) is 38.1 Å². The fraction of sp³-hybridized carbons (Fsp3) is 0.462. The molecule has 2 aromatic rings. The minimum Gasteiger partial charge on any atom is -0.495 e. The number of cyclic esters (lactones) is 1. The quantitative estimate of drug-likeness (QED) is 0.623. The van der Waals surface area contributed by atoms with Crippen LogP contribution in [0.1, 0.15) is 51.6 Å². The van der Waals surface area contributed by atoms with Crippen LogP contribution in [-0.2, 0) is 20.9 Å². The molecule has 2 fully saturated rings. The Hall–Kier alpha value is -3.52. The molecule has 1 unspecified atom stereocenters. The molecule has 1 N–H and O–H groups in total. The van der Waals surface area contributed by atoms with Crippen molar-refractivity contribution in [3.05, 3.63) is 52.2 Å². The molecule has 188 valence electrons. The molecule has 10 heteroatoms. The average molecular weight is 493 g/mol. The van der Waals surface area contributed by atoms with Gasteiger partial charge in [0.2, 0.25) is 0 Å². The highest BCUT2D eigenvalue weighted by Crippen LogP contribution is 2.35. The summed E-state index contributed by atoms with van der Waals surface area (Å²) in [5, 5.41) is 20.2. The molecule has 1 atom stereocenters. The van der Waals surface area contributed by atoms with E-state index >= 15 is 0 Å². The highest BCUT2D eigenvalue weighted by molar-refractivity contribution is 5.95. The number of hydrogen-bond acceptors (Lipinski definition) is 9. The molecule has 5 rings (SSSR count). The Morgan fingerprint density at radius 1 is 1.28 bits per heavy atom. The molecule has 0 aliphatic carbocycles. The average Bonchev–Trinajstić information content (AvgIpc) is 3.28. The summed E-state index contributed by atoms with van der Waals surface area (Å²) in [5.74, 6) is 0.306.